The van der Waals surface area contributed by atoms with Crippen molar-refractivity contribution in [2.45, 2.75) is 58.1 Å². The van der Waals surface area contributed by atoms with Crippen LogP contribution in [0.4, 0.5) is 4.79 Å². The van der Waals surface area contributed by atoms with Gasteiger partial charge in [0.1, 0.15) is 5.60 Å². The molecule has 0 radical (unpaired) electrons. The quantitative estimate of drug-likeness (QED) is 0.744. The standard InChI is InChI=1S/C25H33N5O3/c1-24(2,3)33-23(32)30-12-6-7-20(16-30)22(31)29(5)25(4,21-15-27-17-28-21)13-18-8-10-19(14-26)11-9-18/h8-11,15,17,20H,6-7,12-13,16H2,1-5H3,(H,27,28)/t20-,25?/m0/s1. The van der Waals surface area contributed by atoms with Gasteiger partial charge in [0.15, 0.2) is 0 Å². The summed E-state index contributed by atoms with van der Waals surface area (Å²) in [7, 11) is 1.80. The summed E-state index contributed by atoms with van der Waals surface area (Å²) in [5, 5.41) is 9.09. The van der Waals surface area contributed by atoms with Crippen molar-refractivity contribution in [2.24, 2.45) is 5.92 Å². The van der Waals surface area contributed by atoms with E-state index in [0.717, 1.165) is 24.1 Å². The van der Waals surface area contributed by atoms with Gasteiger partial charge in [-0.2, -0.15) is 5.26 Å². The molecule has 0 saturated carbocycles. The van der Waals surface area contributed by atoms with E-state index in [1.54, 1.807) is 41.5 Å². The molecule has 176 valence electrons. The van der Waals surface area contributed by atoms with E-state index in [1.165, 1.54) is 0 Å². The third-order valence-corrected chi connectivity index (χ3v) is 6.20. The Bertz CT molecular complexity index is 1000. The van der Waals surface area contributed by atoms with Gasteiger partial charge in [-0.25, -0.2) is 9.78 Å². The highest BCUT2D eigenvalue weighted by Crippen LogP contribution is 2.33. The Morgan fingerprint density at radius 2 is 1.97 bits per heavy atom. The van der Waals surface area contributed by atoms with Gasteiger partial charge in [0, 0.05) is 26.6 Å². The number of carbonyl (C=O) groups is 2. The molecule has 2 atom stereocenters. The zero-order valence-corrected chi connectivity index (χ0v) is 20.1. The minimum absolute atomic E-state index is 0.0194. The van der Waals surface area contributed by atoms with Gasteiger partial charge in [-0.1, -0.05) is 12.1 Å². The number of hydrogen-bond donors (Lipinski definition) is 1. The van der Waals surface area contributed by atoms with Crippen molar-refractivity contribution < 1.29 is 14.3 Å². The molecule has 8 nitrogen and oxygen atoms in total. The molecule has 1 saturated heterocycles. The highest BCUT2D eigenvalue weighted by atomic mass is 16.6. The lowest BCUT2D eigenvalue weighted by molar-refractivity contribution is -0.141. The summed E-state index contributed by atoms with van der Waals surface area (Å²) in [6.45, 7) is 8.45. The zero-order valence-electron chi connectivity index (χ0n) is 20.1. The van der Waals surface area contributed by atoms with E-state index in [1.807, 2.05) is 39.8 Å². The molecule has 8 heteroatoms. The first-order valence-electron chi connectivity index (χ1n) is 11.3. The highest BCUT2D eigenvalue weighted by molar-refractivity contribution is 5.81. The monoisotopic (exact) mass is 451 g/mol. The van der Waals surface area contributed by atoms with E-state index in [2.05, 4.69) is 16.0 Å². The van der Waals surface area contributed by atoms with Crippen LogP contribution in [0.25, 0.3) is 0 Å². The Morgan fingerprint density at radius 3 is 2.55 bits per heavy atom. The maximum Gasteiger partial charge on any atom is 0.410 e. The van der Waals surface area contributed by atoms with Crippen LogP contribution in [0.3, 0.4) is 0 Å². The number of piperidine rings is 1. The van der Waals surface area contributed by atoms with E-state index >= 15 is 0 Å². The smallest absolute Gasteiger partial charge is 0.410 e. The second-order valence-electron chi connectivity index (χ2n) is 9.89. The second kappa shape index (κ2) is 9.65. The van der Waals surface area contributed by atoms with Crippen LogP contribution >= 0.6 is 0 Å². The topological polar surface area (TPSA) is 102 Å². The molecule has 1 unspecified atom stereocenters. The van der Waals surface area contributed by atoms with Crippen molar-refractivity contribution in [3.63, 3.8) is 0 Å². The molecule has 1 aliphatic rings. The Labute approximate surface area is 195 Å². The fourth-order valence-corrected chi connectivity index (χ4v) is 4.23. The molecule has 1 fully saturated rings. The van der Waals surface area contributed by atoms with Crippen molar-refractivity contribution in [3.05, 3.63) is 53.6 Å². The SMILES string of the molecule is CN(C(=O)[C@H]1CCCN(C(=O)OC(C)(C)C)C1)C(C)(Cc1ccc(C#N)cc1)c1cnc[nH]1. The first-order valence-corrected chi connectivity index (χ1v) is 11.3. The van der Waals surface area contributed by atoms with Crippen molar-refractivity contribution in [2.75, 3.05) is 20.1 Å². The maximum absolute atomic E-state index is 13.7. The number of nitrogens with zero attached hydrogens (tertiary/aromatic N) is 4. The van der Waals surface area contributed by atoms with E-state index in [9.17, 15) is 9.59 Å². The number of nitrogens with one attached hydrogen (secondary N) is 1. The molecular formula is C25H33N5O3. The van der Waals surface area contributed by atoms with E-state index in [4.69, 9.17) is 10.00 Å². The van der Waals surface area contributed by atoms with Crippen LogP contribution in [0.5, 0.6) is 0 Å². The van der Waals surface area contributed by atoms with Gasteiger partial charge >= 0.3 is 6.09 Å². The molecule has 0 spiro atoms. The number of rotatable bonds is 5. The number of benzene rings is 1. The molecule has 1 aromatic carbocycles. The average Bonchev–Trinajstić information content (AvgIpc) is 3.33. The molecule has 1 aromatic heterocycles. The van der Waals surface area contributed by atoms with Crippen LogP contribution in [0.15, 0.2) is 36.8 Å². The lowest BCUT2D eigenvalue weighted by atomic mass is 9.86. The third kappa shape index (κ3) is 5.72. The Morgan fingerprint density at radius 1 is 1.27 bits per heavy atom. The van der Waals surface area contributed by atoms with Gasteiger partial charge in [-0.3, -0.25) is 4.79 Å². The van der Waals surface area contributed by atoms with Crippen molar-refractivity contribution in [1.29, 1.82) is 5.26 Å². The lowest BCUT2D eigenvalue weighted by Crippen LogP contribution is -2.53. The van der Waals surface area contributed by atoms with Crippen LogP contribution in [0, 0.1) is 17.2 Å². The largest absolute Gasteiger partial charge is 0.444 e. The molecule has 2 aromatic rings. The molecule has 2 amide bonds. The normalized spacial score (nSPS) is 18.2. The summed E-state index contributed by atoms with van der Waals surface area (Å²) < 4.78 is 5.52. The first kappa shape index (κ1) is 24.3. The third-order valence-electron chi connectivity index (χ3n) is 6.20. The number of carbonyl (C=O) groups excluding carboxylic acids is 2. The van der Waals surface area contributed by atoms with Gasteiger partial charge in [0.05, 0.1) is 41.3 Å². The summed E-state index contributed by atoms with van der Waals surface area (Å²) in [5.74, 6) is -0.325. The Kier molecular flexibility index (Phi) is 7.11. The second-order valence-corrected chi connectivity index (χ2v) is 9.89. The zero-order chi connectivity index (χ0) is 24.2. The number of nitriles is 1. The van der Waals surface area contributed by atoms with Crippen LogP contribution < -0.4 is 0 Å². The van der Waals surface area contributed by atoms with Crippen LogP contribution in [0.1, 0.15) is 57.4 Å². The van der Waals surface area contributed by atoms with Crippen molar-refractivity contribution in [1.82, 2.24) is 19.8 Å². The molecule has 2 heterocycles. The number of likely N-dealkylation sites (tertiary alicyclic amines) is 1. The Hall–Kier alpha value is -3.34. The van der Waals surface area contributed by atoms with Gasteiger partial charge < -0.3 is 19.5 Å². The van der Waals surface area contributed by atoms with Gasteiger partial charge in [-0.05, 0) is 58.2 Å². The summed E-state index contributed by atoms with van der Waals surface area (Å²) in [6.07, 6.45) is 4.98. The van der Waals surface area contributed by atoms with Crippen LogP contribution in [0.2, 0.25) is 0 Å². The average molecular weight is 452 g/mol. The van der Waals surface area contributed by atoms with Gasteiger partial charge in [0.25, 0.3) is 0 Å². The predicted octanol–water partition coefficient (Wildman–Crippen LogP) is 3.84. The number of amides is 2. The number of imidazole rings is 1. The molecule has 0 bridgehead atoms. The number of aromatic amines is 1. The number of likely N-dealkylation sites (N-methyl/N-ethyl adjacent to an activating group) is 1. The number of aromatic nitrogens is 2. The lowest BCUT2D eigenvalue weighted by Gasteiger charge is -2.42. The maximum atomic E-state index is 13.7. The summed E-state index contributed by atoms with van der Waals surface area (Å²) >= 11 is 0. The van der Waals surface area contributed by atoms with Crippen molar-refractivity contribution >= 4 is 12.0 Å². The Balaban J connectivity index is 1.80. The number of ether oxygens (including phenoxy) is 1. The van der Waals surface area contributed by atoms with E-state index in [-0.39, 0.29) is 17.9 Å². The van der Waals surface area contributed by atoms with Crippen LogP contribution in [-0.2, 0) is 21.5 Å². The molecule has 3 rings (SSSR count). The fourth-order valence-electron chi connectivity index (χ4n) is 4.23. The number of H-pyrrole nitrogens is 1. The van der Waals surface area contributed by atoms with Gasteiger partial charge in [-0.15, -0.1) is 0 Å². The first-order chi connectivity index (χ1) is 15.5. The minimum Gasteiger partial charge on any atom is -0.444 e. The minimum atomic E-state index is -0.685. The van der Waals surface area contributed by atoms with E-state index in [0.29, 0.717) is 25.1 Å². The van der Waals surface area contributed by atoms with Crippen LogP contribution in [-0.4, -0.2) is 57.5 Å². The van der Waals surface area contributed by atoms with E-state index < -0.39 is 11.1 Å². The summed E-state index contributed by atoms with van der Waals surface area (Å²) in [4.78, 5) is 37.0. The molecule has 0 aliphatic carbocycles. The number of hydrogen-bond acceptors (Lipinski definition) is 5. The van der Waals surface area contributed by atoms with Gasteiger partial charge in [0.2, 0.25) is 5.91 Å². The molecule has 33 heavy (non-hydrogen) atoms. The molecule has 1 aliphatic heterocycles. The van der Waals surface area contributed by atoms with Crippen molar-refractivity contribution in [3.8, 4) is 6.07 Å². The predicted molar refractivity (Wildman–Crippen MR) is 124 cm³/mol. The summed E-state index contributed by atoms with van der Waals surface area (Å²) in [6, 6.07) is 9.52. The summed E-state index contributed by atoms with van der Waals surface area (Å²) in [5.41, 5.74) is 1.16. The highest BCUT2D eigenvalue weighted by Gasteiger charge is 2.40. The molecule has 1 N–H and O–H groups in total. The molecular weight excluding hydrogens is 418 g/mol. The fraction of sp³-hybridized carbons (Fsp3) is 0.520.